The molecule has 2 N–H and O–H groups in total. The third kappa shape index (κ3) is 2.99. The largest absolute Gasteiger partial charge is 0.361 e. The van der Waals surface area contributed by atoms with Gasteiger partial charge in [-0.2, -0.15) is 0 Å². The van der Waals surface area contributed by atoms with Crippen molar-refractivity contribution in [2.45, 2.75) is 6.42 Å². The van der Waals surface area contributed by atoms with Crippen molar-refractivity contribution in [1.29, 1.82) is 0 Å². The fraction of sp³-hybridized carbons (Fsp3) is 0.200. The summed E-state index contributed by atoms with van der Waals surface area (Å²) in [6, 6.07) is 15.3. The predicted molar refractivity (Wildman–Crippen MR) is 122 cm³/mol. The Hall–Kier alpha value is -3.44. The lowest BCUT2D eigenvalue weighted by atomic mass is 9.97. The average molecular weight is 393 g/mol. The van der Waals surface area contributed by atoms with Gasteiger partial charge in [0.15, 0.2) is 0 Å². The molecule has 1 aliphatic carbocycles. The molecule has 2 aliphatic rings. The van der Waals surface area contributed by atoms with E-state index < -0.39 is 0 Å². The second-order valence-corrected chi connectivity index (χ2v) is 7.96. The number of piperazine rings is 1. The van der Waals surface area contributed by atoms with Crippen LogP contribution in [0.2, 0.25) is 0 Å². The van der Waals surface area contributed by atoms with Gasteiger partial charge in [-0.3, -0.25) is 4.98 Å². The molecule has 1 aliphatic heterocycles. The van der Waals surface area contributed by atoms with Gasteiger partial charge in [0.05, 0.1) is 5.69 Å². The number of hydrogen-bond acceptors (Lipinski definition) is 4. The minimum atomic E-state index is 0.885. The molecule has 0 bridgehead atoms. The number of aromatic amines is 1. The number of benzene rings is 1. The first-order valence-corrected chi connectivity index (χ1v) is 10.5. The van der Waals surface area contributed by atoms with Crippen molar-refractivity contribution < 1.29 is 0 Å². The van der Waals surface area contributed by atoms with Crippen molar-refractivity contribution in [3.8, 4) is 11.1 Å². The molecule has 4 aromatic rings. The number of pyridine rings is 2. The van der Waals surface area contributed by atoms with Crippen molar-refractivity contribution >= 4 is 22.3 Å². The number of rotatable bonds is 3. The molecule has 0 unspecified atom stereocenters. The maximum Gasteiger partial charge on any atom is 0.128 e. The lowest BCUT2D eigenvalue weighted by Crippen LogP contribution is -2.43. The highest BCUT2D eigenvalue weighted by Gasteiger charge is 2.19. The molecule has 5 heteroatoms. The topological polar surface area (TPSA) is 56.8 Å². The molecule has 5 nitrogen and oxygen atoms in total. The van der Waals surface area contributed by atoms with E-state index in [1.54, 1.807) is 0 Å². The SMILES string of the molecule is C1=C(c2ccc3[nH]ccc3c2)c2cc(-c3ccc(N4CCNCC4)nc3)cnc2C1. The summed E-state index contributed by atoms with van der Waals surface area (Å²) in [7, 11) is 0. The molecular weight excluding hydrogens is 370 g/mol. The smallest absolute Gasteiger partial charge is 0.128 e. The van der Waals surface area contributed by atoms with Crippen LogP contribution in [0.5, 0.6) is 0 Å². The summed E-state index contributed by atoms with van der Waals surface area (Å²) < 4.78 is 0. The van der Waals surface area contributed by atoms with Gasteiger partial charge in [0, 0.05) is 73.4 Å². The van der Waals surface area contributed by atoms with Crippen LogP contribution in [0.15, 0.2) is 67.1 Å². The third-order valence-corrected chi connectivity index (χ3v) is 6.15. The van der Waals surface area contributed by atoms with Crippen LogP contribution in [0, 0.1) is 0 Å². The summed E-state index contributed by atoms with van der Waals surface area (Å²) in [4.78, 5) is 15.1. The standard InChI is InChI=1S/C25H23N5/c1-4-23-18(7-8-27-23)13-17(1)21-3-5-24-22(21)14-20(16-28-24)19-2-6-25(29-15-19)30-11-9-26-10-12-30/h1-4,6-8,13-16,26-27H,5,9-12H2. The zero-order chi connectivity index (χ0) is 19.9. The molecule has 0 amide bonds. The fourth-order valence-electron chi connectivity index (χ4n) is 4.49. The van der Waals surface area contributed by atoms with E-state index in [2.05, 4.69) is 63.7 Å². The van der Waals surface area contributed by atoms with E-state index in [4.69, 9.17) is 9.97 Å². The van der Waals surface area contributed by atoms with E-state index in [1.165, 1.54) is 27.6 Å². The number of nitrogens with zero attached hydrogens (tertiary/aromatic N) is 3. The van der Waals surface area contributed by atoms with Crippen LogP contribution >= 0.6 is 0 Å². The second-order valence-electron chi connectivity index (χ2n) is 7.96. The Bertz CT molecular complexity index is 1250. The summed E-state index contributed by atoms with van der Waals surface area (Å²) in [6.07, 6.45) is 9.12. The highest BCUT2D eigenvalue weighted by molar-refractivity contribution is 5.90. The molecule has 6 rings (SSSR count). The molecule has 30 heavy (non-hydrogen) atoms. The highest BCUT2D eigenvalue weighted by Crippen LogP contribution is 2.35. The van der Waals surface area contributed by atoms with Crippen LogP contribution in [0.1, 0.15) is 16.8 Å². The van der Waals surface area contributed by atoms with E-state index in [1.807, 2.05) is 18.6 Å². The van der Waals surface area contributed by atoms with Crippen LogP contribution in [-0.4, -0.2) is 41.1 Å². The first-order chi connectivity index (χ1) is 14.8. The molecule has 0 saturated carbocycles. The molecular formula is C25H23N5. The van der Waals surface area contributed by atoms with Crippen LogP contribution in [0.3, 0.4) is 0 Å². The molecule has 1 fully saturated rings. The normalized spacial score (nSPS) is 16.0. The van der Waals surface area contributed by atoms with Crippen LogP contribution in [0.4, 0.5) is 5.82 Å². The van der Waals surface area contributed by atoms with Crippen molar-refractivity contribution in [1.82, 2.24) is 20.3 Å². The van der Waals surface area contributed by atoms with Crippen molar-refractivity contribution in [3.63, 3.8) is 0 Å². The Balaban J connectivity index is 1.32. The zero-order valence-electron chi connectivity index (χ0n) is 16.7. The van der Waals surface area contributed by atoms with Gasteiger partial charge in [-0.05, 0) is 52.9 Å². The number of fused-ring (bicyclic) bond motifs is 2. The lowest BCUT2D eigenvalue weighted by molar-refractivity contribution is 0.585. The Morgan fingerprint density at radius 2 is 1.70 bits per heavy atom. The maximum absolute atomic E-state index is 4.77. The number of hydrogen-bond donors (Lipinski definition) is 2. The first kappa shape index (κ1) is 17.4. The summed E-state index contributed by atoms with van der Waals surface area (Å²) in [5, 5.41) is 4.62. The number of H-pyrrole nitrogens is 1. The Morgan fingerprint density at radius 3 is 2.57 bits per heavy atom. The van der Waals surface area contributed by atoms with Crippen molar-refractivity contribution in [2.24, 2.45) is 0 Å². The fourth-order valence-corrected chi connectivity index (χ4v) is 4.49. The molecule has 4 heterocycles. The number of aromatic nitrogens is 3. The number of nitrogens with one attached hydrogen (secondary N) is 2. The molecule has 0 atom stereocenters. The first-order valence-electron chi connectivity index (χ1n) is 10.5. The van der Waals surface area contributed by atoms with Gasteiger partial charge in [-0.15, -0.1) is 0 Å². The van der Waals surface area contributed by atoms with E-state index in [9.17, 15) is 0 Å². The quantitative estimate of drug-likeness (QED) is 0.552. The van der Waals surface area contributed by atoms with Gasteiger partial charge in [-0.25, -0.2) is 4.98 Å². The molecule has 148 valence electrons. The summed E-state index contributed by atoms with van der Waals surface area (Å²) >= 11 is 0. The van der Waals surface area contributed by atoms with Crippen LogP contribution < -0.4 is 10.2 Å². The van der Waals surface area contributed by atoms with Gasteiger partial charge in [0.1, 0.15) is 5.82 Å². The number of allylic oxidation sites excluding steroid dienone is 1. The van der Waals surface area contributed by atoms with Gasteiger partial charge in [0.25, 0.3) is 0 Å². The molecule has 3 aromatic heterocycles. The average Bonchev–Trinajstić information content (AvgIpc) is 3.45. The summed E-state index contributed by atoms with van der Waals surface area (Å²) in [6.45, 7) is 4.04. The van der Waals surface area contributed by atoms with Crippen molar-refractivity contribution in [3.05, 3.63) is 84.0 Å². The summed E-state index contributed by atoms with van der Waals surface area (Å²) in [5.41, 5.74) is 8.28. The Morgan fingerprint density at radius 1 is 0.833 bits per heavy atom. The summed E-state index contributed by atoms with van der Waals surface area (Å²) in [5.74, 6) is 1.05. The minimum Gasteiger partial charge on any atom is -0.361 e. The van der Waals surface area contributed by atoms with Gasteiger partial charge in [0.2, 0.25) is 0 Å². The zero-order valence-corrected chi connectivity index (χ0v) is 16.7. The van der Waals surface area contributed by atoms with E-state index >= 15 is 0 Å². The molecule has 0 spiro atoms. The van der Waals surface area contributed by atoms with Crippen LogP contribution in [0.25, 0.3) is 27.6 Å². The maximum atomic E-state index is 4.77. The van der Waals surface area contributed by atoms with Crippen LogP contribution in [-0.2, 0) is 6.42 Å². The Kier molecular flexibility index (Phi) is 4.13. The van der Waals surface area contributed by atoms with E-state index in [0.717, 1.165) is 55.2 Å². The van der Waals surface area contributed by atoms with Gasteiger partial charge < -0.3 is 15.2 Å². The third-order valence-electron chi connectivity index (χ3n) is 6.15. The highest BCUT2D eigenvalue weighted by atomic mass is 15.2. The molecule has 0 radical (unpaired) electrons. The monoisotopic (exact) mass is 393 g/mol. The Labute approximate surface area is 175 Å². The van der Waals surface area contributed by atoms with E-state index in [0.29, 0.717) is 0 Å². The second kappa shape index (κ2) is 7.11. The lowest BCUT2D eigenvalue weighted by Gasteiger charge is -2.28. The molecule has 1 saturated heterocycles. The minimum absolute atomic E-state index is 0.885. The van der Waals surface area contributed by atoms with Crippen molar-refractivity contribution in [2.75, 3.05) is 31.1 Å². The van der Waals surface area contributed by atoms with Gasteiger partial charge >= 0.3 is 0 Å². The number of anilines is 1. The van der Waals surface area contributed by atoms with Gasteiger partial charge in [-0.1, -0.05) is 12.1 Å². The van der Waals surface area contributed by atoms with E-state index in [-0.39, 0.29) is 0 Å². The molecule has 1 aromatic carbocycles. The predicted octanol–water partition coefficient (Wildman–Crippen LogP) is 4.02.